The van der Waals surface area contributed by atoms with Gasteiger partial charge in [-0.3, -0.25) is 0 Å². The molecule has 21 heavy (non-hydrogen) atoms. The molecule has 1 unspecified atom stereocenters. The van der Waals surface area contributed by atoms with Crippen molar-refractivity contribution >= 4 is 0 Å². The molecule has 1 aliphatic heterocycles. The average Bonchev–Trinajstić information content (AvgIpc) is 2.55. The minimum absolute atomic E-state index is 0.0360. The van der Waals surface area contributed by atoms with E-state index in [1.807, 2.05) is 12.1 Å². The first-order chi connectivity index (χ1) is 10.3. The second kappa shape index (κ2) is 6.24. The van der Waals surface area contributed by atoms with E-state index in [1.165, 1.54) is 32.1 Å². The molecule has 2 aliphatic rings. The van der Waals surface area contributed by atoms with Gasteiger partial charge < -0.3 is 19.5 Å². The fourth-order valence-corrected chi connectivity index (χ4v) is 3.55. The zero-order valence-electron chi connectivity index (χ0n) is 13.0. The minimum Gasteiger partial charge on any atom is -0.493 e. The van der Waals surface area contributed by atoms with E-state index >= 15 is 0 Å². The molecule has 0 radical (unpaired) electrons. The van der Waals surface area contributed by atoms with E-state index in [2.05, 4.69) is 11.4 Å². The van der Waals surface area contributed by atoms with Crippen LogP contribution in [0.15, 0.2) is 18.2 Å². The highest BCUT2D eigenvalue weighted by molar-refractivity contribution is 5.43. The van der Waals surface area contributed by atoms with E-state index < -0.39 is 0 Å². The third kappa shape index (κ3) is 3.01. The molecule has 2 fully saturated rings. The molecule has 0 amide bonds. The van der Waals surface area contributed by atoms with Crippen molar-refractivity contribution in [2.75, 3.05) is 27.3 Å². The number of methoxy groups -OCH3 is 2. The Morgan fingerprint density at radius 1 is 1.10 bits per heavy atom. The van der Waals surface area contributed by atoms with Gasteiger partial charge in [0.05, 0.1) is 25.9 Å². The second-order valence-electron chi connectivity index (χ2n) is 6.10. The van der Waals surface area contributed by atoms with Crippen molar-refractivity contribution in [3.63, 3.8) is 0 Å². The van der Waals surface area contributed by atoms with Crippen LogP contribution < -0.4 is 14.8 Å². The fraction of sp³-hybridized carbons (Fsp3) is 0.647. The normalized spacial score (nSPS) is 24.8. The van der Waals surface area contributed by atoms with Crippen molar-refractivity contribution in [2.24, 2.45) is 0 Å². The molecule has 1 aromatic carbocycles. The number of hydrogen-bond acceptors (Lipinski definition) is 4. The summed E-state index contributed by atoms with van der Waals surface area (Å²) in [6.07, 6.45) is 6.33. The first kappa shape index (κ1) is 14.7. The van der Waals surface area contributed by atoms with Crippen LogP contribution in [-0.4, -0.2) is 32.9 Å². The molecule has 1 spiro atoms. The van der Waals surface area contributed by atoms with Crippen LogP contribution in [0.5, 0.6) is 11.5 Å². The van der Waals surface area contributed by atoms with Crippen molar-refractivity contribution < 1.29 is 14.2 Å². The average molecular weight is 291 g/mol. The van der Waals surface area contributed by atoms with Crippen LogP contribution in [0.1, 0.15) is 43.8 Å². The van der Waals surface area contributed by atoms with Gasteiger partial charge in [-0.15, -0.1) is 0 Å². The molecule has 3 rings (SSSR count). The smallest absolute Gasteiger partial charge is 0.161 e. The van der Waals surface area contributed by atoms with Crippen LogP contribution in [-0.2, 0) is 4.74 Å². The maximum atomic E-state index is 6.52. The molecule has 1 heterocycles. The lowest BCUT2D eigenvalue weighted by Crippen LogP contribution is -2.51. The molecule has 116 valence electrons. The molecule has 0 aromatic heterocycles. The SMILES string of the molecule is COc1ccc(C2CNCC3(CCCCC3)O2)cc1OC. The Hall–Kier alpha value is -1.26. The largest absolute Gasteiger partial charge is 0.493 e. The molecular formula is C17H25NO3. The quantitative estimate of drug-likeness (QED) is 0.929. The van der Waals surface area contributed by atoms with Gasteiger partial charge in [0.25, 0.3) is 0 Å². The van der Waals surface area contributed by atoms with Crippen molar-refractivity contribution in [3.8, 4) is 11.5 Å². The van der Waals surface area contributed by atoms with Gasteiger partial charge in [0.2, 0.25) is 0 Å². The first-order valence-corrected chi connectivity index (χ1v) is 7.87. The summed E-state index contributed by atoms with van der Waals surface area (Å²) in [6.45, 7) is 1.84. The Labute approximate surface area is 126 Å². The summed E-state index contributed by atoms with van der Waals surface area (Å²) < 4.78 is 17.2. The summed E-state index contributed by atoms with van der Waals surface area (Å²) in [5.74, 6) is 1.53. The summed E-state index contributed by atoms with van der Waals surface area (Å²) in [5.41, 5.74) is 1.19. The fourth-order valence-electron chi connectivity index (χ4n) is 3.55. The van der Waals surface area contributed by atoms with Crippen LogP contribution in [0.2, 0.25) is 0 Å². The number of nitrogens with one attached hydrogen (secondary N) is 1. The lowest BCUT2D eigenvalue weighted by molar-refractivity contribution is -0.135. The predicted molar refractivity (Wildman–Crippen MR) is 82.1 cm³/mol. The van der Waals surface area contributed by atoms with Gasteiger partial charge in [-0.1, -0.05) is 25.3 Å². The van der Waals surface area contributed by atoms with Gasteiger partial charge in [0.15, 0.2) is 11.5 Å². The summed E-state index contributed by atoms with van der Waals surface area (Å²) in [4.78, 5) is 0. The summed E-state index contributed by atoms with van der Waals surface area (Å²) in [5, 5.41) is 3.56. The Morgan fingerprint density at radius 2 is 1.86 bits per heavy atom. The van der Waals surface area contributed by atoms with E-state index in [-0.39, 0.29) is 11.7 Å². The van der Waals surface area contributed by atoms with Crippen LogP contribution in [0.4, 0.5) is 0 Å². The molecule has 1 saturated carbocycles. The summed E-state index contributed by atoms with van der Waals surface area (Å²) >= 11 is 0. The third-order valence-electron chi connectivity index (χ3n) is 4.71. The highest BCUT2D eigenvalue weighted by atomic mass is 16.5. The monoisotopic (exact) mass is 291 g/mol. The van der Waals surface area contributed by atoms with E-state index in [1.54, 1.807) is 14.2 Å². The maximum Gasteiger partial charge on any atom is 0.161 e. The number of rotatable bonds is 3. The maximum absolute atomic E-state index is 6.52. The zero-order valence-corrected chi connectivity index (χ0v) is 13.0. The van der Waals surface area contributed by atoms with Crippen molar-refractivity contribution in [3.05, 3.63) is 23.8 Å². The molecule has 1 aliphatic carbocycles. The molecule has 1 saturated heterocycles. The van der Waals surface area contributed by atoms with Crippen LogP contribution in [0.25, 0.3) is 0 Å². The summed E-state index contributed by atoms with van der Waals surface area (Å²) in [6, 6.07) is 6.07. The third-order valence-corrected chi connectivity index (χ3v) is 4.71. The lowest BCUT2D eigenvalue weighted by atomic mass is 9.83. The van der Waals surface area contributed by atoms with Gasteiger partial charge in [-0.05, 0) is 30.5 Å². The molecule has 4 heteroatoms. The Kier molecular flexibility index (Phi) is 4.36. The van der Waals surface area contributed by atoms with Crippen molar-refractivity contribution in [1.29, 1.82) is 0 Å². The van der Waals surface area contributed by atoms with Gasteiger partial charge in [0.1, 0.15) is 0 Å². The molecule has 4 nitrogen and oxygen atoms in total. The van der Waals surface area contributed by atoms with Crippen LogP contribution >= 0.6 is 0 Å². The topological polar surface area (TPSA) is 39.7 Å². The van der Waals surface area contributed by atoms with E-state index in [0.29, 0.717) is 0 Å². The Morgan fingerprint density at radius 3 is 2.57 bits per heavy atom. The molecular weight excluding hydrogens is 266 g/mol. The number of morpholine rings is 1. The Bertz CT molecular complexity index is 477. The van der Waals surface area contributed by atoms with Crippen LogP contribution in [0, 0.1) is 0 Å². The number of ether oxygens (including phenoxy) is 3. The summed E-state index contributed by atoms with van der Waals surface area (Å²) in [7, 11) is 3.33. The molecule has 0 bridgehead atoms. The van der Waals surface area contributed by atoms with Gasteiger partial charge in [-0.2, -0.15) is 0 Å². The second-order valence-corrected chi connectivity index (χ2v) is 6.10. The predicted octanol–water partition coefficient (Wildman–Crippen LogP) is 3.07. The van der Waals surface area contributed by atoms with E-state index in [0.717, 1.165) is 30.2 Å². The number of benzene rings is 1. The van der Waals surface area contributed by atoms with Gasteiger partial charge in [-0.25, -0.2) is 0 Å². The van der Waals surface area contributed by atoms with Gasteiger partial charge >= 0.3 is 0 Å². The highest BCUT2D eigenvalue weighted by Crippen LogP contribution is 2.39. The number of hydrogen-bond donors (Lipinski definition) is 1. The molecule has 1 N–H and O–H groups in total. The van der Waals surface area contributed by atoms with Gasteiger partial charge in [0, 0.05) is 13.1 Å². The lowest BCUT2D eigenvalue weighted by Gasteiger charge is -2.44. The van der Waals surface area contributed by atoms with E-state index in [4.69, 9.17) is 14.2 Å². The van der Waals surface area contributed by atoms with Crippen LogP contribution in [0.3, 0.4) is 0 Å². The van der Waals surface area contributed by atoms with Crippen molar-refractivity contribution in [2.45, 2.75) is 43.8 Å². The standard InChI is InChI=1S/C17H25NO3/c1-19-14-7-6-13(10-15(14)20-2)16-11-18-12-17(21-16)8-4-3-5-9-17/h6-7,10,16,18H,3-5,8-9,11-12H2,1-2H3. The molecule has 1 atom stereocenters. The molecule has 1 aromatic rings. The van der Waals surface area contributed by atoms with E-state index in [9.17, 15) is 0 Å². The Balaban J connectivity index is 1.79. The first-order valence-electron chi connectivity index (χ1n) is 7.87. The zero-order chi connectivity index (χ0) is 14.7. The minimum atomic E-state index is 0.0360. The van der Waals surface area contributed by atoms with Crippen molar-refractivity contribution in [1.82, 2.24) is 5.32 Å². The highest BCUT2D eigenvalue weighted by Gasteiger charge is 2.38.